The number of anilines is 1. The van der Waals surface area contributed by atoms with Gasteiger partial charge in [-0.25, -0.2) is 9.78 Å². The number of hydrogen-bond acceptors (Lipinski definition) is 4. The predicted octanol–water partition coefficient (Wildman–Crippen LogP) is -0.930. The zero-order chi connectivity index (χ0) is 14.2. The van der Waals surface area contributed by atoms with Crippen molar-refractivity contribution in [2.75, 3.05) is 5.32 Å². The summed E-state index contributed by atoms with van der Waals surface area (Å²) in [4.78, 5) is 39.2. The van der Waals surface area contributed by atoms with Gasteiger partial charge in [0.25, 0.3) is 11.5 Å². The number of carbonyl (C=O) groups is 1. The Bertz CT molecular complexity index is 752. The molecule has 19 heavy (non-hydrogen) atoms. The van der Waals surface area contributed by atoms with Crippen LogP contribution >= 0.6 is 0 Å². The highest BCUT2D eigenvalue weighted by molar-refractivity contribution is 6.02. The molecule has 2 aromatic heterocycles. The van der Waals surface area contributed by atoms with Crippen molar-refractivity contribution in [1.82, 2.24) is 18.7 Å². The second kappa shape index (κ2) is 4.56. The van der Waals surface area contributed by atoms with Crippen molar-refractivity contribution in [2.45, 2.75) is 0 Å². The molecule has 0 saturated carbocycles. The number of hydrogen-bond donors (Lipinski definition) is 1. The summed E-state index contributed by atoms with van der Waals surface area (Å²) in [6.07, 6.45) is 3.19. The number of carbonyl (C=O) groups excluding carboxylic acids is 1. The third kappa shape index (κ3) is 2.19. The van der Waals surface area contributed by atoms with Crippen LogP contribution in [0, 0.1) is 0 Å². The fourth-order valence-electron chi connectivity index (χ4n) is 1.60. The average Bonchev–Trinajstić information content (AvgIpc) is 2.77. The van der Waals surface area contributed by atoms with E-state index >= 15 is 0 Å². The molecule has 0 unspecified atom stereocenters. The maximum atomic E-state index is 12.0. The van der Waals surface area contributed by atoms with E-state index in [9.17, 15) is 14.4 Å². The molecule has 0 radical (unpaired) electrons. The Labute approximate surface area is 107 Å². The van der Waals surface area contributed by atoms with Gasteiger partial charge >= 0.3 is 5.69 Å². The molecule has 2 aromatic rings. The lowest BCUT2D eigenvalue weighted by Gasteiger charge is -2.09. The summed E-state index contributed by atoms with van der Waals surface area (Å²) < 4.78 is 3.65. The Morgan fingerprint density at radius 3 is 2.47 bits per heavy atom. The molecule has 100 valence electrons. The van der Waals surface area contributed by atoms with Gasteiger partial charge in [-0.15, -0.1) is 0 Å². The number of nitrogens with zero attached hydrogens (tertiary/aromatic N) is 4. The average molecular weight is 263 g/mol. The summed E-state index contributed by atoms with van der Waals surface area (Å²) in [7, 11) is 4.49. The first-order valence-electron chi connectivity index (χ1n) is 5.47. The fourth-order valence-corrected chi connectivity index (χ4v) is 1.60. The molecular formula is C11H13N5O3. The number of aryl methyl sites for hydroxylation is 1. The van der Waals surface area contributed by atoms with Crippen LogP contribution in [-0.2, 0) is 21.1 Å². The molecule has 0 aliphatic rings. The van der Waals surface area contributed by atoms with Gasteiger partial charge in [-0.05, 0) is 0 Å². The van der Waals surface area contributed by atoms with Crippen molar-refractivity contribution in [2.24, 2.45) is 21.1 Å². The zero-order valence-corrected chi connectivity index (χ0v) is 10.7. The minimum absolute atomic E-state index is 0.0175. The van der Waals surface area contributed by atoms with Gasteiger partial charge in [-0.1, -0.05) is 0 Å². The maximum Gasteiger partial charge on any atom is 0.331 e. The Hall–Kier alpha value is -2.64. The van der Waals surface area contributed by atoms with Crippen LogP contribution in [0.3, 0.4) is 0 Å². The fraction of sp³-hybridized carbons (Fsp3) is 0.273. The molecule has 0 aromatic carbocycles. The van der Waals surface area contributed by atoms with Crippen LogP contribution < -0.4 is 16.6 Å². The van der Waals surface area contributed by atoms with Gasteiger partial charge in [0.15, 0.2) is 0 Å². The van der Waals surface area contributed by atoms with Crippen LogP contribution in [0.4, 0.5) is 5.95 Å². The molecule has 0 bridgehead atoms. The third-order valence-electron chi connectivity index (χ3n) is 2.81. The molecular weight excluding hydrogens is 250 g/mol. The van der Waals surface area contributed by atoms with E-state index in [0.29, 0.717) is 5.95 Å². The lowest BCUT2D eigenvalue weighted by molar-refractivity contribution is 0.101. The van der Waals surface area contributed by atoms with Crippen molar-refractivity contribution < 1.29 is 4.79 Å². The summed E-state index contributed by atoms with van der Waals surface area (Å²) in [6.45, 7) is 0. The minimum Gasteiger partial charge on any atom is -0.320 e. The Morgan fingerprint density at radius 2 is 1.89 bits per heavy atom. The van der Waals surface area contributed by atoms with Crippen LogP contribution in [0.2, 0.25) is 0 Å². The largest absolute Gasteiger partial charge is 0.331 e. The monoisotopic (exact) mass is 263 g/mol. The summed E-state index contributed by atoms with van der Waals surface area (Å²) in [5.74, 6) is -0.232. The Balaban J connectivity index is 2.43. The highest BCUT2D eigenvalue weighted by Gasteiger charge is 2.15. The molecule has 2 rings (SSSR count). The first-order valence-corrected chi connectivity index (χ1v) is 5.47. The number of amides is 1. The van der Waals surface area contributed by atoms with Crippen LogP contribution in [0.15, 0.2) is 28.0 Å². The van der Waals surface area contributed by atoms with Crippen molar-refractivity contribution in [1.29, 1.82) is 0 Å². The minimum atomic E-state index is -0.563. The van der Waals surface area contributed by atoms with Gasteiger partial charge in [0, 0.05) is 39.6 Å². The van der Waals surface area contributed by atoms with Crippen LogP contribution in [0.25, 0.3) is 0 Å². The standard InChI is InChI=1S/C11H13N5O3/c1-14-5-4-12-10(14)13-9(18)7-6-8(17)16(3)11(19)15(7)2/h4-6H,1-3H3,(H,12,13,18). The van der Waals surface area contributed by atoms with E-state index in [2.05, 4.69) is 10.3 Å². The van der Waals surface area contributed by atoms with E-state index in [4.69, 9.17) is 0 Å². The normalized spacial score (nSPS) is 10.5. The van der Waals surface area contributed by atoms with Crippen LogP contribution in [-0.4, -0.2) is 24.6 Å². The number of rotatable bonds is 2. The Kier molecular flexibility index (Phi) is 3.07. The smallest absolute Gasteiger partial charge is 0.320 e. The lowest BCUT2D eigenvalue weighted by Crippen LogP contribution is -2.40. The van der Waals surface area contributed by atoms with Crippen LogP contribution in [0.5, 0.6) is 0 Å². The molecule has 1 N–H and O–H groups in total. The summed E-state index contributed by atoms with van der Waals surface area (Å²) in [6, 6.07) is 1.11. The quantitative estimate of drug-likeness (QED) is 0.757. The summed E-state index contributed by atoms with van der Waals surface area (Å²) in [5.41, 5.74) is -1.11. The third-order valence-corrected chi connectivity index (χ3v) is 2.81. The van der Waals surface area contributed by atoms with E-state index in [1.54, 1.807) is 17.8 Å². The van der Waals surface area contributed by atoms with Crippen molar-refractivity contribution in [3.05, 3.63) is 45.0 Å². The van der Waals surface area contributed by atoms with Crippen molar-refractivity contribution in [3.63, 3.8) is 0 Å². The topological polar surface area (TPSA) is 90.9 Å². The van der Waals surface area contributed by atoms with Gasteiger partial charge in [0.2, 0.25) is 5.95 Å². The van der Waals surface area contributed by atoms with Crippen molar-refractivity contribution in [3.8, 4) is 0 Å². The molecule has 0 aliphatic heterocycles. The van der Waals surface area contributed by atoms with E-state index in [1.807, 2.05) is 0 Å². The zero-order valence-electron chi connectivity index (χ0n) is 10.7. The SMILES string of the molecule is Cn1ccnc1NC(=O)c1cc(=O)n(C)c(=O)n1C. The molecule has 8 heteroatoms. The lowest BCUT2D eigenvalue weighted by atomic mass is 10.3. The maximum absolute atomic E-state index is 12.0. The van der Waals surface area contributed by atoms with Crippen LogP contribution in [0.1, 0.15) is 10.5 Å². The van der Waals surface area contributed by atoms with Gasteiger partial charge in [-0.2, -0.15) is 0 Å². The molecule has 1 amide bonds. The van der Waals surface area contributed by atoms with E-state index in [1.165, 1.54) is 20.3 Å². The highest BCUT2D eigenvalue weighted by Crippen LogP contribution is 2.03. The predicted molar refractivity (Wildman–Crippen MR) is 68.1 cm³/mol. The second-order valence-electron chi connectivity index (χ2n) is 4.08. The highest BCUT2D eigenvalue weighted by atomic mass is 16.2. The van der Waals surface area contributed by atoms with Gasteiger partial charge in [0.05, 0.1) is 0 Å². The molecule has 0 saturated heterocycles. The molecule has 0 spiro atoms. The molecule has 0 fully saturated rings. The first kappa shape index (κ1) is 12.8. The van der Waals surface area contributed by atoms with E-state index in [0.717, 1.165) is 15.2 Å². The summed E-state index contributed by atoms with van der Waals surface area (Å²) >= 11 is 0. The molecule has 8 nitrogen and oxygen atoms in total. The number of aromatic nitrogens is 4. The molecule has 0 atom stereocenters. The number of nitrogens with one attached hydrogen (secondary N) is 1. The second-order valence-corrected chi connectivity index (χ2v) is 4.08. The summed E-state index contributed by atoms with van der Waals surface area (Å²) in [5, 5.41) is 2.53. The van der Waals surface area contributed by atoms with E-state index in [-0.39, 0.29) is 5.69 Å². The van der Waals surface area contributed by atoms with Gasteiger partial charge < -0.3 is 4.57 Å². The molecule has 2 heterocycles. The number of imidazole rings is 1. The van der Waals surface area contributed by atoms with Gasteiger partial charge in [-0.3, -0.25) is 24.0 Å². The van der Waals surface area contributed by atoms with Gasteiger partial charge in [0.1, 0.15) is 5.69 Å². The Morgan fingerprint density at radius 1 is 1.21 bits per heavy atom. The van der Waals surface area contributed by atoms with E-state index < -0.39 is 17.2 Å². The first-order chi connectivity index (χ1) is 8.91. The van der Waals surface area contributed by atoms with Crippen molar-refractivity contribution >= 4 is 11.9 Å². The molecule has 0 aliphatic carbocycles.